The molecular formula is C13H12N2O4. The fourth-order valence-corrected chi connectivity index (χ4v) is 1.84. The van der Waals surface area contributed by atoms with Crippen LogP contribution in [0.2, 0.25) is 0 Å². The SMILES string of the molecule is Cc1nc2cc(C(=O)C(=O)CC(=O)O)ccc2n1C. The van der Waals surface area contributed by atoms with Gasteiger partial charge in [0, 0.05) is 12.6 Å². The molecule has 19 heavy (non-hydrogen) atoms. The molecule has 6 nitrogen and oxygen atoms in total. The van der Waals surface area contributed by atoms with Gasteiger partial charge in [0.25, 0.3) is 0 Å². The van der Waals surface area contributed by atoms with Gasteiger partial charge in [-0.15, -0.1) is 0 Å². The molecule has 1 N–H and O–H groups in total. The molecule has 2 rings (SSSR count). The fourth-order valence-electron chi connectivity index (χ4n) is 1.84. The number of fused-ring (bicyclic) bond motifs is 1. The van der Waals surface area contributed by atoms with E-state index in [2.05, 4.69) is 4.98 Å². The highest BCUT2D eigenvalue weighted by Crippen LogP contribution is 2.17. The van der Waals surface area contributed by atoms with Crippen LogP contribution in [0, 0.1) is 6.92 Å². The summed E-state index contributed by atoms with van der Waals surface area (Å²) in [6, 6.07) is 4.70. The summed E-state index contributed by atoms with van der Waals surface area (Å²) < 4.78 is 1.86. The maximum absolute atomic E-state index is 11.8. The number of aromatic nitrogens is 2. The van der Waals surface area contributed by atoms with Crippen molar-refractivity contribution in [2.45, 2.75) is 13.3 Å². The van der Waals surface area contributed by atoms with E-state index in [9.17, 15) is 14.4 Å². The van der Waals surface area contributed by atoms with Crippen LogP contribution in [0.15, 0.2) is 18.2 Å². The third kappa shape index (κ3) is 2.37. The van der Waals surface area contributed by atoms with Crippen molar-refractivity contribution in [2.24, 2.45) is 7.05 Å². The van der Waals surface area contributed by atoms with Gasteiger partial charge >= 0.3 is 5.97 Å². The van der Waals surface area contributed by atoms with Crippen LogP contribution >= 0.6 is 0 Å². The molecule has 0 unspecified atom stereocenters. The molecule has 2 aromatic rings. The minimum atomic E-state index is -1.31. The quantitative estimate of drug-likeness (QED) is 0.505. The molecule has 6 heteroatoms. The van der Waals surface area contributed by atoms with Gasteiger partial charge in [-0.2, -0.15) is 0 Å². The van der Waals surface area contributed by atoms with Crippen molar-refractivity contribution < 1.29 is 19.5 Å². The van der Waals surface area contributed by atoms with E-state index in [1.165, 1.54) is 12.1 Å². The van der Waals surface area contributed by atoms with Crippen LogP contribution in [0.5, 0.6) is 0 Å². The van der Waals surface area contributed by atoms with Gasteiger partial charge < -0.3 is 9.67 Å². The Morgan fingerprint density at radius 3 is 2.63 bits per heavy atom. The molecule has 1 aromatic heterocycles. The number of rotatable bonds is 4. The molecule has 0 saturated heterocycles. The van der Waals surface area contributed by atoms with Crippen LogP contribution in [0.25, 0.3) is 11.0 Å². The Balaban J connectivity index is 2.38. The van der Waals surface area contributed by atoms with Gasteiger partial charge in [0.15, 0.2) is 0 Å². The summed E-state index contributed by atoms with van der Waals surface area (Å²) in [6.07, 6.45) is -0.794. The molecule has 0 radical (unpaired) electrons. The van der Waals surface area contributed by atoms with Gasteiger partial charge in [-0.25, -0.2) is 4.98 Å². The summed E-state index contributed by atoms with van der Waals surface area (Å²) in [6.45, 7) is 1.83. The first kappa shape index (κ1) is 12.9. The second kappa shape index (κ2) is 4.64. The Bertz CT molecular complexity index is 700. The zero-order valence-corrected chi connectivity index (χ0v) is 10.5. The summed E-state index contributed by atoms with van der Waals surface area (Å²) in [4.78, 5) is 37.9. The van der Waals surface area contributed by atoms with E-state index in [1.807, 2.05) is 18.5 Å². The zero-order chi connectivity index (χ0) is 14.2. The number of hydrogen-bond donors (Lipinski definition) is 1. The van der Waals surface area contributed by atoms with Gasteiger partial charge in [0.05, 0.1) is 11.0 Å². The molecule has 1 aromatic carbocycles. The van der Waals surface area contributed by atoms with E-state index in [-0.39, 0.29) is 5.56 Å². The van der Waals surface area contributed by atoms with Gasteiger partial charge in [-0.1, -0.05) is 0 Å². The minimum Gasteiger partial charge on any atom is -0.481 e. The number of aliphatic carboxylic acids is 1. The molecule has 1 heterocycles. The standard InChI is InChI=1S/C13H12N2O4/c1-7-14-9-5-8(3-4-10(9)15(7)2)13(19)11(16)6-12(17)18/h3-5H,6H2,1-2H3,(H,17,18). The van der Waals surface area contributed by atoms with Crippen molar-refractivity contribution in [3.8, 4) is 0 Å². The third-order valence-electron chi connectivity index (χ3n) is 2.93. The lowest BCUT2D eigenvalue weighted by Gasteiger charge is -2.00. The Hall–Kier alpha value is -2.50. The number of nitrogens with zero attached hydrogens (tertiary/aromatic N) is 2. The molecular weight excluding hydrogens is 248 g/mol. The first-order chi connectivity index (χ1) is 8.90. The number of Topliss-reactive ketones (excluding diaryl/α,β-unsaturated/α-hetero) is 2. The van der Waals surface area contributed by atoms with Crippen LogP contribution in [-0.4, -0.2) is 32.2 Å². The van der Waals surface area contributed by atoms with E-state index in [1.54, 1.807) is 6.07 Å². The first-order valence-corrected chi connectivity index (χ1v) is 5.62. The number of carbonyl (C=O) groups is 3. The Labute approximate surface area is 108 Å². The van der Waals surface area contributed by atoms with E-state index >= 15 is 0 Å². The molecule has 0 amide bonds. The topological polar surface area (TPSA) is 89.3 Å². The van der Waals surface area contributed by atoms with Gasteiger partial charge in [0.2, 0.25) is 11.6 Å². The number of hydrogen-bond acceptors (Lipinski definition) is 4. The van der Waals surface area contributed by atoms with Gasteiger partial charge in [0.1, 0.15) is 12.2 Å². The highest BCUT2D eigenvalue weighted by atomic mass is 16.4. The molecule has 0 fully saturated rings. The number of imidazole rings is 1. The van der Waals surface area contributed by atoms with Crippen molar-refractivity contribution in [3.05, 3.63) is 29.6 Å². The van der Waals surface area contributed by atoms with Crippen LogP contribution in [-0.2, 0) is 16.6 Å². The van der Waals surface area contributed by atoms with Crippen molar-refractivity contribution >= 4 is 28.6 Å². The molecule has 0 saturated carbocycles. The number of carbonyl (C=O) groups excluding carboxylic acids is 2. The van der Waals surface area contributed by atoms with E-state index in [4.69, 9.17) is 5.11 Å². The van der Waals surface area contributed by atoms with Gasteiger partial charge in [-0.3, -0.25) is 14.4 Å². The lowest BCUT2D eigenvalue weighted by molar-refractivity contribution is -0.139. The Morgan fingerprint density at radius 1 is 1.32 bits per heavy atom. The Morgan fingerprint density at radius 2 is 2.00 bits per heavy atom. The molecule has 98 valence electrons. The van der Waals surface area contributed by atoms with Crippen LogP contribution in [0.3, 0.4) is 0 Å². The zero-order valence-electron chi connectivity index (χ0n) is 10.5. The average molecular weight is 260 g/mol. The monoisotopic (exact) mass is 260 g/mol. The maximum atomic E-state index is 11.8. The van der Waals surface area contributed by atoms with Crippen LogP contribution in [0.1, 0.15) is 22.6 Å². The number of benzene rings is 1. The predicted octanol–water partition coefficient (Wildman–Crippen LogP) is 1.11. The number of aryl methyl sites for hydroxylation is 2. The average Bonchev–Trinajstić information content (AvgIpc) is 2.63. The third-order valence-corrected chi connectivity index (χ3v) is 2.93. The van der Waals surface area contributed by atoms with Crippen molar-refractivity contribution in [1.29, 1.82) is 0 Å². The van der Waals surface area contributed by atoms with E-state index in [0.717, 1.165) is 11.3 Å². The molecule has 0 spiro atoms. The van der Waals surface area contributed by atoms with E-state index < -0.39 is 24.0 Å². The Kier molecular flexibility index (Phi) is 3.16. The predicted molar refractivity (Wildman–Crippen MR) is 67.0 cm³/mol. The van der Waals surface area contributed by atoms with Crippen LogP contribution in [0.4, 0.5) is 0 Å². The smallest absolute Gasteiger partial charge is 0.311 e. The highest BCUT2D eigenvalue weighted by Gasteiger charge is 2.20. The number of carboxylic acid groups (broad SMARTS) is 1. The first-order valence-electron chi connectivity index (χ1n) is 5.62. The summed E-state index contributed by atoms with van der Waals surface area (Å²) >= 11 is 0. The number of carboxylic acids is 1. The maximum Gasteiger partial charge on any atom is 0.311 e. The summed E-state index contributed by atoms with van der Waals surface area (Å²) in [5.74, 6) is -2.25. The lowest BCUT2D eigenvalue weighted by atomic mass is 10.0. The van der Waals surface area contributed by atoms with Crippen molar-refractivity contribution in [3.63, 3.8) is 0 Å². The summed E-state index contributed by atoms with van der Waals surface area (Å²) in [5, 5.41) is 8.50. The lowest BCUT2D eigenvalue weighted by Crippen LogP contribution is -2.17. The molecule has 0 atom stereocenters. The second-order valence-corrected chi connectivity index (χ2v) is 4.24. The van der Waals surface area contributed by atoms with Gasteiger partial charge in [-0.05, 0) is 25.1 Å². The van der Waals surface area contributed by atoms with Crippen molar-refractivity contribution in [2.75, 3.05) is 0 Å². The summed E-state index contributed by atoms with van der Waals surface area (Å²) in [5.41, 5.74) is 1.62. The summed E-state index contributed by atoms with van der Waals surface area (Å²) in [7, 11) is 1.85. The van der Waals surface area contributed by atoms with Crippen LogP contribution < -0.4 is 0 Å². The minimum absolute atomic E-state index is 0.164. The normalized spacial score (nSPS) is 10.6. The second-order valence-electron chi connectivity index (χ2n) is 4.24. The molecule has 0 aliphatic carbocycles. The molecule has 0 aliphatic heterocycles. The fraction of sp³-hybridized carbons (Fsp3) is 0.231. The van der Waals surface area contributed by atoms with E-state index in [0.29, 0.717) is 5.52 Å². The number of ketones is 2. The molecule has 0 aliphatic rings. The molecule has 0 bridgehead atoms. The largest absolute Gasteiger partial charge is 0.481 e. The van der Waals surface area contributed by atoms with Crippen molar-refractivity contribution in [1.82, 2.24) is 9.55 Å². The highest BCUT2D eigenvalue weighted by molar-refractivity contribution is 6.45.